The third kappa shape index (κ3) is 30.2. The highest BCUT2D eigenvalue weighted by atomic mass is 14.1. The van der Waals surface area contributed by atoms with E-state index in [-0.39, 0.29) is 0 Å². The van der Waals surface area contributed by atoms with Gasteiger partial charge in [-0.15, -0.1) is 0 Å². The smallest absolute Gasteiger partial charge is 0.0355 e. The van der Waals surface area contributed by atoms with E-state index in [0.29, 0.717) is 0 Å². The van der Waals surface area contributed by atoms with Crippen molar-refractivity contribution >= 4 is 0 Å². The summed E-state index contributed by atoms with van der Waals surface area (Å²) < 4.78 is 0. The molecular weight excluding hydrogens is 432 g/mol. The van der Waals surface area contributed by atoms with Crippen LogP contribution in [-0.4, -0.2) is 0 Å². The molecule has 0 heterocycles. The minimum atomic E-state index is 0.915. The van der Waals surface area contributed by atoms with Crippen molar-refractivity contribution in [3.05, 3.63) is 6.42 Å². The average molecular weight is 506 g/mol. The van der Waals surface area contributed by atoms with Crippen LogP contribution in [0.25, 0.3) is 0 Å². The summed E-state index contributed by atoms with van der Waals surface area (Å²) in [6, 6.07) is 0. The fourth-order valence-electron chi connectivity index (χ4n) is 5.80. The zero-order valence-electron chi connectivity index (χ0n) is 26.1. The van der Waals surface area contributed by atoms with Gasteiger partial charge in [-0.25, -0.2) is 0 Å². The van der Waals surface area contributed by atoms with Crippen LogP contribution < -0.4 is 0 Å². The van der Waals surface area contributed by atoms with Crippen molar-refractivity contribution in [1.29, 1.82) is 0 Å². The fraction of sp³-hybridized carbons (Fsp3) is 0.972. The topological polar surface area (TPSA) is 0 Å². The first-order chi connectivity index (χ1) is 17.8. The van der Waals surface area contributed by atoms with Gasteiger partial charge in [0.15, 0.2) is 0 Å². The maximum atomic E-state index is 2.75. The molecule has 0 rings (SSSR count). The molecule has 1 unspecified atom stereocenters. The van der Waals surface area contributed by atoms with Gasteiger partial charge in [0, 0.05) is 0 Å². The van der Waals surface area contributed by atoms with Crippen LogP contribution in [0.3, 0.4) is 0 Å². The highest BCUT2D eigenvalue weighted by molar-refractivity contribution is 4.76. The van der Waals surface area contributed by atoms with E-state index in [1.807, 2.05) is 0 Å². The van der Waals surface area contributed by atoms with Gasteiger partial charge in [0.25, 0.3) is 0 Å². The van der Waals surface area contributed by atoms with E-state index in [1.165, 1.54) is 199 Å². The van der Waals surface area contributed by atoms with E-state index in [2.05, 4.69) is 27.2 Å². The van der Waals surface area contributed by atoms with Gasteiger partial charge < -0.3 is 0 Å². The normalized spacial score (nSPS) is 12.4. The zero-order valence-corrected chi connectivity index (χ0v) is 26.1. The second-order valence-electron chi connectivity index (χ2n) is 12.2. The van der Waals surface area contributed by atoms with Crippen LogP contribution in [0.5, 0.6) is 0 Å². The van der Waals surface area contributed by atoms with Crippen molar-refractivity contribution in [3.63, 3.8) is 0 Å². The van der Waals surface area contributed by atoms with Crippen LogP contribution in [0.1, 0.15) is 220 Å². The fourth-order valence-corrected chi connectivity index (χ4v) is 5.80. The van der Waals surface area contributed by atoms with E-state index < -0.39 is 0 Å². The summed E-state index contributed by atoms with van der Waals surface area (Å²) in [7, 11) is 0. The molecule has 0 nitrogen and oxygen atoms in total. The third-order valence-electron chi connectivity index (χ3n) is 8.41. The van der Waals surface area contributed by atoms with Crippen molar-refractivity contribution in [2.45, 2.75) is 220 Å². The first kappa shape index (κ1) is 36.0. The number of unbranched alkanes of at least 4 members (excludes halogenated alkanes) is 26. The molecule has 0 aliphatic carbocycles. The Kier molecular flexibility index (Phi) is 33.0. The van der Waals surface area contributed by atoms with Crippen molar-refractivity contribution in [3.8, 4) is 0 Å². The quantitative estimate of drug-likeness (QED) is 0.0797. The van der Waals surface area contributed by atoms with Gasteiger partial charge in [-0.1, -0.05) is 213 Å². The summed E-state index contributed by atoms with van der Waals surface area (Å²) in [6.45, 7) is 6.95. The molecule has 217 valence electrons. The van der Waals surface area contributed by atoms with Crippen LogP contribution in [0.4, 0.5) is 0 Å². The maximum Gasteiger partial charge on any atom is -0.0355 e. The molecule has 36 heavy (non-hydrogen) atoms. The van der Waals surface area contributed by atoms with Crippen LogP contribution >= 0.6 is 0 Å². The maximum absolute atomic E-state index is 2.75. The van der Waals surface area contributed by atoms with Gasteiger partial charge in [0.2, 0.25) is 0 Å². The van der Waals surface area contributed by atoms with E-state index in [4.69, 9.17) is 0 Å². The van der Waals surface area contributed by atoms with Crippen molar-refractivity contribution in [2.75, 3.05) is 0 Å². The zero-order chi connectivity index (χ0) is 26.2. The minimum absolute atomic E-state index is 0.915. The summed E-state index contributed by atoms with van der Waals surface area (Å²) in [5.41, 5.74) is 0. The van der Waals surface area contributed by atoms with Gasteiger partial charge in [-0.05, 0) is 18.8 Å². The highest BCUT2D eigenvalue weighted by Crippen LogP contribution is 2.24. The molecule has 0 saturated heterocycles. The summed E-state index contributed by atoms with van der Waals surface area (Å²) >= 11 is 0. The molecule has 0 aliphatic heterocycles. The van der Waals surface area contributed by atoms with Gasteiger partial charge in [-0.3, -0.25) is 0 Å². The molecule has 0 bridgehead atoms. The first-order valence-electron chi connectivity index (χ1n) is 17.7. The molecule has 0 saturated carbocycles. The van der Waals surface area contributed by atoms with E-state index >= 15 is 0 Å². The number of hydrogen-bond donors (Lipinski definition) is 0. The molecule has 0 spiro atoms. The number of hydrogen-bond acceptors (Lipinski definition) is 0. The Morgan fingerprint density at radius 1 is 0.306 bits per heavy atom. The molecule has 0 amide bonds. The van der Waals surface area contributed by atoms with Crippen LogP contribution in [-0.2, 0) is 0 Å². The Morgan fingerprint density at radius 3 is 0.861 bits per heavy atom. The first-order valence-corrected chi connectivity index (χ1v) is 17.7. The Labute approximate surface area is 232 Å². The highest BCUT2D eigenvalue weighted by Gasteiger charge is 2.09. The van der Waals surface area contributed by atoms with Gasteiger partial charge in [0.1, 0.15) is 0 Å². The molecule has 1 atom stereocenters. The Hall–Kier alpha value is 0. The van der Waals surface area contributed by atoms with Crippen LogP contribution in [0.2, 0.25) is 0 Å². The van der Waals surface area contributed by atoms with Gasteiger partial charge in [-0.2, -0.15) is 0 Å². The second kappa shape index (κ2) is 33.0. The predicted molar refractivity (Wildman–Crippen MR) is 168 cm³/mol. The van der Waals surface area contributed by atoms with Gasteiger partial charge >= 0.3 is 0 Å². The van der Waals surface area contributed by atoms with E-state index in [1.54, 1.807) is 0 Å². The van der Waals surface area contributed by atoms with E-state index in [0.717, 1.165) is 5.92 Å². The Morgan fingerprint density at radius 2 is 0.556 bits per heavy atom. The summed E-state index contributed by atoms with van der Waals surface area (Å²) in [5, 5.41) is 0. The monoisotopic (exact) mass is 506 g/mol. The van der Waals surface area contributed by atoms with Crippen LogP contribution in [0, 0.1) is 12.3 Å². The molecule has 0 N–H and O–H groups in total. The lowest BCUT2D eigenvalue weighted by atomic mass is 9.89. The molecular formula is C36H73. The summed E-state index contributed by atoms with van der Waals surface area (Å²) in [6.07, 6.45) is 48.0. The summed E-state index contributed by atoms with van der Waals surface area (Å²) in [5.74, 6) is 0.915. The largest absolute Gasteiger partial charge is 0.0654 e. The lowest BCUT2D eigenvalue weighted by molar-refractivity contribution is 0.429. The van der Waals surface area contributed by atoms with Crippen molar-refractivity contribution < 1.29 is 0 Å². The second-order valence-corrected chi connectivity index (χ2v) is 12.2. The predicted octanol–water partition coefficient (Wildman–Crippen LogP) is 14.0. The SMILES string of the molecule is CCCCCCCCC[CH]C(CCCCCCCC)CCCCCCCCCCCCCCCCC. The molecule has 0 aromatic rings. The molecule has 0 aliphatic rings. The Balaban J connectivity index is 3.70. The summed E-state index contributed by atoms with van der Waals surface area (Å²) in [4.78, 5) is 0. The standard InChI is InChI=1S/C36H73/c1-4-7-10-13-16-18-19-20-21-22-23-24-26-29-32-35-36(33-30-27-15-12-9-6-3)34-31-28-25-17-14-11-8-5-2/h34,36H,4-33,35H2,1-3H3. The van der Waals surface area contributed by atoms with Crippen molar-refractivity contribution in [2.24, 2.45) is 5.92 Å². The molecule has 0 heteroatoms. The minimum Gasteiger partial charge on any atom is -0.0654 e. The lowest BCUT2D eigenvalue weighted by Crippen LogP contribution is -2.02. The van der Waals surface area contributed by atoms with E-state index in [9.17, 15) is 0 Å². The molecule has 1 radical (unpaired) electrons. The molecule has 0 aromatic heterocycles. The Bertz CT molecular complexity index is 359. The molecule has 0 aromatic carbocycles. The average Bonchev–Trinajstić information content (AvgIpc) is 2.89. The van der Waals surface area contributed by atoms with Gasteiger partial charge in [0.05, 0.1) is 0 Å². The molecule has 0 fully saturated rings. The third-order valence-corrected chi connectivity index (χ3v) is 8.41. The van der Waals surface area contributed by atoms with Crippen molar-refractivity contribution in [1.82, 2.24) is 0 Å². The van der Waals surface area contributed by atoms with Crippen LogP contribution in [0.15, 0.2) is 0 Å². The number of rotatable bonds is 32. The lowest BCUT2D eigenvalue weighted by Gasteiger charge is -2.17.